The van der Waals surface area contributed by atoms with E-state index < -0.39 is 5.97 Å². The number of piperidine rings is 1. The predicted molar refractivity (Wildman–Crippen MR) is 119 cm³/mol. The van der Waals surface area contributed by atoms with E-state index in [4.69, 9.17) is 31.8 Å². The molecule has 1 saturated heterocycles. The van der Waals surface area contributed by atoms with Crippen LogP contribution in [0.15, 0.2) is 36.4 Å². The van der Waals surface area contributed by atoms with Gasteiger partial charge in [-0.3, -0.25) is 9.78 Å². The number of nitrogens with zero attached hydrogens (tertiary/aromatic N) is 2. The number of nitrogen functional groups attached to an aromatic ring is 1. The van der Waals surface area contributed by atoms with Gasteiger partial charge in [-0.1, -0.05) is 17.7 Å². The second kappa shape index (κ2) is 7.81. The molecule has 7 nitrogen and oxygen atoms in total. The molecule has 0 amide bonds. The molecule has 0 bridgehead atoms. The first-order valence-corrected chi connectivity index (χ1v) is 10.6. The minimum atomic E-state index is -0.737. The smallest absolute Gasteiger partial charge is 0.306 e. The summed E-state index contributed by atoms with van der Waals surface area (Å²) in [6.45, 7) is 1.47. The minimum Gasteiger partial charge on any atom is -0.481 e. The maximum Gasteiger partial charge on any atom is 0.306 e. The van der Waals surface area contributed by atoms with Gasteiger partial charge in [0.15, 0.2) is 11.5 Å². The SMILES string of the molecule is Nc1c(Cc2ccc3c(c2)OCO3)nc2ccc(Cl)cc2c1N1CCC(C(=O)O)CC1. The van der Waals surface area contributed by atoms with Crippen LogP contribution in [0.3, 0.4) is 0 Å². The molecule has 0 atom stereocenters. The van der Waals surface area contributed by atoms with Crippen LogP contribution in [0.25, 0.3) is 10.9 Å². The van der Waals surface area contributed by atoms with Crippen molar-refractivity contribution in [3.63, 3.8) is 0 Å². The topological polar surface area (TPSA) is 97.9 Å². The van der Waals surface area contributed by atoms with Gasteiger partial charge in [0, 0.05) is 29.9 Å². The molecule has 5 rings (SSSR count). The number of rotatable bonds is 4. The number of aliphatic carboxylic acids is 1. The molecule has 0 unspecified atom stereocenters. The first-order chi connectivity index (χ1) is 15.0. The highest BCUT2D eigenvalue weighted by atomic mass is 35.5. The average Bonchev–Trinajstić information content (AvgIpc) is 3.23. The van der Waals surface area contributed by atoms with Gasteiger partial charge in [-0.25, -0.2) is 0 Å². The van der Waals surface area contributed by atoms with E-state index in [1.807, 2.05) is 36.4 Å². The molecule has 2 aliphatic heterocycles. The first-order valence-electron chi connectivity index (χ1n) is 10.2. The summed E-state index contributed by atoms with van der Waals surface area (Å²) >= 11 is 6.28. The summed E-state index contributed by atoms with van der Waals surface area (Å²) in [5, 5.41) is 10.8. The Kier molecular flexibility index (Phi) is 4.98. The van der Waals surface area contributed by atoms with Crippen LogP contribution in [-0.2, 0) is 11.2 Å². The third kappa shape index (κ3) is 3.70. The molecule has 2 aliphatic rings. The highest BCUT2D eigenvalue weighted by Crippen LogP contribution is 2.39. The van der Waals surface area contributed by atoms with Crippen molar-refractivity contribution in [1.29, 1.82) is 0 Å². The standard InChI is InChI=1S/C23H22ClN3O4/c24-15-2-3-17-16(11-15)22(27-7-5-14(6-8-27)23(28)29)21(25)18(26-17)9-13-1-4-19-20(10-13)31-12-30-19/h1-4,10-11,14H,5-9,12,25H2,(H,28,29). The van der Waals surface area contributed by atoms with E-state index in [1.165, 1.54) is 0 Å². The quantitative estimate of drug-likeness (QED) is 0.631. The molecule has 3 N–H and O–H groups in total. The Labute approximate surface area is 184 Å². The second-order valence-corrected chi connectivity index (χ2v) is 8.38. The van der Waals surface area contributed by atoms with Crippen LogP contribution in [0, 0.1) is 5.92 Å². The number of hydrogen-bond donors (Lipinski definition) is 2. The molecule has 160 valence electrons. The lowest BCUT2D eigenvalue weighted by molar-refractivity contribution is -0.142. The van der Waals surface area contributed by atoms with Gasteiger partial charge in [-0.15, -0.1) is 0 Å². The summed E-state index contributed by atoms with van der Waals surface area (Å²) in [6.07, 6.45) is 1.70. The van der Waals surface area contributed by atoms with E-state index in [2.05, 4.69) is 4.90 Å². The number of pyridine rings is 1. The van der Waals surface area contributed by atoms with Crippen LogP contribution < -0.4 is 20.1 Å². The van der Waals surface area contributed by atoms with E-state index in [9.17, 15) is 9.90 Å². The van der Waals surface area contributed by atoms with E-state index in [0.29, 0.717) is 43.1 Å². The molecule has 0 saturated carbocycles. The third-order valence-electron chi connectivity index (χ3n) is 6.00. The fourth-order valence-electron chi connectivity index (χ4n) is 4.35. The maximum atomic E-state index is 11.4. The zero-order chi connectivity index (χ0) is 21.5. The first kappa shape index (κ1) is 19.8. The molecule has 0 radical (unpaired) electrons. The van der Waals surface area contributed by atoms with Crippen molar-refractivity contribution in [2.24, 2.45) is 5.92 Å². The zero-order valence-electron chi connectivity index (χ0n) is 16.8. The number of nitrogens with two attached hydrogens (primary N) is 1. The third-order valence-corrected chi connectivity index (χ3v) is 6.24. The molecule has 2 aromatic carbocycles. The number of halogens is 1. The largest absolute Gasteiger partial charge is 0.481 e. The van der Waals surface area contributed by atoms with E-state index in [-0.39, 0.29) is 12.7 Å². The van der Waals surface area contributed by atoms with Gasteiger partial charge in [-0.2, -0.15) is 0 Å². The number of carboxylic acid groups (broad SMARTS) is 1. The van der Waals surface area contributed by atoms with Crippen molar-refractivity contribution in [3.05, 3.63) is 52.7 Å². The zero-order valence-corrected chi connectivity index (χ0v) is 17.6. The van der Waals surface area contributed by atoms with E-state index in [0.717, 1.165) is 39.3 Å². The van der Waals surface area contributed by atoms with Crippen LogP contribution >= 0.6 is 11.6 Å². The Balaban J connectivity index is 1.55. The Morgan fingerprint density at radius 3 is 2.71 bits per heavy atom. The lowest BCUT2D eigenvalue weighted by Crippen LogP contribution is -2.37. The monoisotopic (exact) mass is 439 g/mol. The van der Waals surface area contributed by atoms with Gasteiger partial charge in [0.05, 0.1) is 28.5 Å². The molecule has 0 aliphatic carbocycles. The molecule has 8 heteroatoms. The maximum absolute atomic E-state index is 11.4. The van der Waals surface area contributed by atoms with Crippen LogP contribution in [0.1, 0.15) is 24.1 Å². The summed E-state index contributed by atoms with van der Waals surface area (Å²) in [5.41, 5.74) is 10.7. The summed E-state index contributed by atoms with van der Waals surface area (Å²) in [6, 6.07) is 11.4. The Morgan fingerprint density at radius 1 is 1.16 bits per heavy atom. The van der Waals surface area contributed by atoms with Gasteiger partial charge >= 0.3 is 5.97 Å². The van der Waals surface area contributed by atoms with Gasteiger partial charge in [-0.05, 0) is 48.7 Å². The predicted octanol–water partition coefficient (Wildman–Crippen LogP) is 4.09. The molecule has 3 heterocycles. The van der Waals surface area contributed by atoms with Gasteiger partial charge < -0.3 is 25.2 Å². The fraction of sp³-hybridized carbons (Fsp3) is 0.304. The molecular formula is C23H22ClN3O4. The van der Waals surface area contributed by atoms with E-state index >= 15 is 0 Å². The minimum absolute atomic E-state index is 0.229. The second-order valence-electron chi connectivity index (χ2n) is 7.95. The highest BCUT2D eigenvalue weighted by molar-refractivity contribution is 6.31. The van der Waals surface area contributed by atoms with E-state index in [1.54, 1.807) is 0 Å². The Hall–Kier alpha value is -3.19. The number of benzene rings is 2. The molecule has 31 heavy (non-hydrogen) atoms. The molecule has 3 aromatic rings. The fourth-order valence-corrected chi connectivity index (χ4v) is 4.52. The van der Waals surface area contributed by atoms with Crippen LogP contribution in [0.2, 0.25) is 5.02 Å². The van der Waals surface area contributed by atoms with Crippen molar-refractivity contribution in [2.75, 3.05) is 30.5 Å². The molecule has 0 spiro atoms. The number of anilines is 2. The number of aromatic nitrogens is 1. The lowest BCUT2D eigenvalue weighted by Gasteiger charge is -2.34. The highest BCUT2D eigenvalue weighted by Gasteiger charge is 2.27. The Bertz CT molecular complexity index is 1180. The molecular weight excluding hydrogens is 418 g/mol. The number of ether oxygens (including phenoxy) is 2. The van der Waals surface area contributed by atoms with Crippen molar-refractivity contribution < 1.29 is 19.4 Å². The van der Waals surface area contributed by atoms with Gasteiger partial charge in [0.2, 0.25) is 6.79 Å². The number of carboxylic acids is 1. The van der Waals surface area contributed by atoms with Crippen molar-refractivity contribution >= 4 is 39.8 Å². The van der Waals surface area contributed by atoms with Crippen LogP contribution in [0.4, 0.5) is 11.4 Å². The van der Waals surface area contributed by atoms with Crippen LogP contribution in [0.5, 0.6) is 11.5 Å². The lowest BCUT2D eigenvalue weighted by atomic mass is 9.95. The average molecular weight is 440 g/mol. The number of hydrogen-bond acceptors (Lipinski definition) is 6. The van der Waals surface area contributed by atoms with Gasteiger partial charge in [0.25, 0.3) is 0 Å². The molecule has 1 aromatic heterocycles. The van der Waals surface area contributed by atoms with Crippen LogP contribution in [-0.4, -0.2) is 35.9 Å². The number of carbonyl (C=O) groups is 1. The van der Waals surface area contributed by atoms with Crippen molar-refractivity contribution in [3.8, 4) is 11.5 Å². The summed E-state index contributed by atoms with van der Waals surface area (Å²) in [4.78, 5) is 18.4. The number of fused-ring (bicyclic) bond motifs is 2. The Morgan fingerprint density at radius 2 is 1.94 bits per heavy atom. The normalized spacial score (nSPS) is 16.1. The van der Waals surface area contributed by atoms with Crippen molar-refractivity contribution in [2.45, 2.75) is 19.3 Å². The molecule has 1 fully saturated rings. The summed E-state index contributed by atoms with van der Waals surface area (Å²) < 4.78 is 10.9. The summed E-state index contributed by atoms with van der Waals surface area (Å²) in [7, 11) is 0. The van der Waals surface area contributed by atoms with Crippen molar-refractivity contribution in [1.82, 2.24) is 4.98 Å². The summed E-state index contributed by atoms with van der Waals surface area (Å²) in [5.74, 6) is 0.403. The van der Waals surface area contributed by atoms with Gasteiger partial charge in [0.1, 0.15) is 0 Å².